The molecule has 0 unspecified atom stereocenters. The van der Waals surface area contributed by atoms with E-state index in [9.17, 15) is 0 Å². The van der Waals surface area contributed by atoms with Crippen LogP contribution in [0.25, 0.3) is 87.5 Å². The van der Waals surface area contributed by atoms with Crippen molar-refractivity contribution in [3.8, 4) is 0 Å². The van der Waals surface area contributed by atoms with Gasteiger partial charge >= 0.3 is 0 Å². The maximum Gasteiger partial charge on any atom is 0.160 e. The van der Waals surface area contributed by atoms with Gasteiger partial charge in [0.05, 0.1) is 50.2 Å². The third-order valence-corrected chi connectivity index (χ3v) is 32.6. The highest BCUT2D eigenvalue weighted by Gasteiger charge is 2.23. The maximum atomic E-state index is 4.80. The van der Waals surface area contributed by atoms with Crippen LogP contribution in [0.15, 0.2) is 0 Å². The highest BCUT2D eigenvalue weighted by Crippen LogP contribution is 2.41. The lowest BCUT2D eigenvalue weighted by Crippen LogP contribution is -2.01. The molecule has 0 bridgehead atoms. The van der Waals surface area contributed by atoms with Crippen molar-refractivity contribution in [2.45, 2.75) is 353 Å². The van der Waals surface area contributed by atoms with Gasteiger partial charge in [0.1, 0.15) is 11.5 Å². The van der Waals surface area contributed by atoms with Crippen LogP contribution in [-0.4, -0.2) is 59.6 Å². The topological polar surface area (TPSA) is 147 Å². The van der Waals surface area contributed by atoms with Gasteiger partial charge in [0.15, 0.2) is 5.65 Å². The fourth-order valence-corrected chi connectivity index (χ4v) is 19.4. The highest BCUT2D eigenvalue weighted by molar-refractivity contribution is 5.99. The Morgan fingerprint density at radius 2 is 0.359 bits per heavy atom. The number of fused-ring (bicyclic) bond motifs is 8. The van der Waals surface area contributed by atoms with E-state index in [0.29, 0.717) is 0 Å². The van der Waals surface area contributed by atoms with Gasteiger partial charge in [-0.05, 0) is 586 Å². The highest BCUT2D eigenvalue weighted by atomic mass is 15.1. The minimum atomic E-state index is 0.857. The number of aromatic nitrogens is 12. The van der Waals surface area contributed by atoms with E-state index in [0.717, 1.165) is 90.4 Å². The molecule has 12 heteroatoms. The van der Waals surface area contributed by atoms with Crippen LogP contribution in [0.5, 0.6) is 0 Å². The zero-order valence-corrected chi connectivity index (χ0v) is 90.9. The third-order valence-electron chi connectivity index (χ3n) is 32.6. The molecule has 0 amide bonds. The molecule has 0 atom stereocenters. The average molecular weight is 1750 g/mol. The number of rotatable bonds is 0. The van der Waals surface area contributed by atoms with Gasteiger partial charge in [-0.2, -0.15) is 5.10 Å². The molecular formula is C119H156N12. The van der Waals surface area contributed by atoms with Crippen LogP contribution in [0, 0.1) is 353 Å². The van der Waals surface area contributed by atoms with E-state index in [2.05, 4.69) is 368 Å². The Morgan fingerprint density at radius 3 is 0.687 bits per heavy atom. The van der Waals surface area contributed by atoms with Gasteiger partial charge in [0, 0.05) is 79.2 Å². The number of hydrogen-bond donors (Lipinski definition) is 0. The normalized spacial score (nSPS) is 11.2. The van der Waals surface area contributed by atoms with Crippen LogP contribution in [0.3, 0.4) is 0 Å². The summed E-state index contributed by atoms with van der Waals surface area (Å²) in [6, 6.07) is 0. The zero-order chi connectivity index (χ0) is 99.0. The van der Waals surface area contributed by atoms with Gasteiger partial charge < -0.3 is 4.57 Å². The zero-order valence-electron chi connectivity index (χ0n) is 90.9. The van der Waals surface area contributed by atoms with Crippen molar-refractivity contribution in [2.75, 3.05) is 0 Å². The summed E-state index contributed by atoms with van der Waals surface area (Å²) in [4.78, 5) is 41.9. The number of pyridine rings is 5. The van der Waals surface area contributed by atoms with Crippen molar-refractivity contribution in [2.24, 2.45) is 7.05 Å². The van der Waals surface area contributed by atoms with E-state index in [1.807, 2.05) is 41.5 Å². The molecule has 131 heavy (non-hydrogen) atoms. The van der Waals surface area contributed by atoms with Crippen LogP contribution >= 0.6 is 0 Å². The first kappa shape index (κ1) is 104. The van der Waals surface area contributed by atoms with E-state index < -0.39 is 0 Å². The van der Waals surface area contributed by atoms with Crippen LogP contribution in [0.2, 0.25) is 0 Å². The Hall–Kier alpha value is -11.1. The first-order valence-corrected chi connectivity index (χ1v) is 47.1. The summed E-state index contributed by atoms with van der Waals surface area (Å²) in [7, 11) is 2.09. The fraction of sp³-hybridized carbons (Fsp3) is 0.437. The van der Waals surface area contributed by atoms with E-state index >= 15 is 0 Å². The quantitative estimate of drug-likeness (QED) is 0.143. The lowest BCUT2D eigenvalue weighted by atomic mass is 9.83. The molecule has 0 saturated carbocycles. The summed E-state index contributed by atoms with van der Waals surface area (Å²) in [6.45, 7) is 110. The molecular weight excluding hydrogens is 1600 g/mol. The summed E-state index contributed by atoms with van der Waals surface area (Å²) < 4.78 is 2.18. The fourth-order valence-electron chi connectivity index (χ4n) is 19.4. The summed E-state index contributed by atoms with van der Waals surface area (Å²) >= 11 is 0. The second-order valence-electron chi connectivity index (χ2n) is 38.9. The molecule has 0 saturated heterocycles. The molecule has 16 aromatic rings. The summed E-state index contributed by atoms with van der Waals surface area (Å²) in [5.74, 6) is 0.857. The molecule has 16 rings (SSSR count). The predicted octanol–water partition coefficient (Wildman–Crippen LogP) is 31.1. The number of aryl methyl sites for hydroxylation is 32. The molecule has 0 N–H and O–H groups in total. The van der Waals surface area contributed by atoms with Crippen molar-refractivity contribution in [1.29, 1.82) is 0 Å². The Labute approximate surface area is 787 Å². The van der Waals surface area contributed by atoms with E-state index in [-0.39, 0.29) is 0 Å². The van der Waals surface area contributed by atoms with Crippen molar-refractivity contribution in [3.05, 3.63) is 285 Å². The van der Waals surface area contributed by atoms with Crippen LogP contribution in [0.1, 0.15) is 285 Å². The smallest absolute Gasteiger partial charge is 0.160 e. The minimum Gasteiger partial charge on any atom is -0.333 e. The number of nitrogens with zero attached hydrogens (tertiary/aromatic N) is 12. The van der Waals surface area contributed by atoms with Crippen LogP contribution in [0.4, 0.5) is 0 Å². The minimum absolute atomic E-state index is 0.857. The summed E-state index contributed by atoms with van der Waals surface area (Å²) in [5, 5.41) is 19.3. The van der Waals surface area contributed by atoms with Gasteiger partial charge in [-0.3, -0.25) is 9.97 Å². The monoisotopic (exact) mass is 1750 g/mol. The average Bonchev–Trinajstić information content (AvgIpc) is 1.75. The largest absolute Gasteiger partial charge is 0.333 e. The van der Waals surface area contributed by atoms with E-state index in [1.165, 1.54) is 282 Å². The second kappa shape index (κ2) is 39.7. The SMILES string of the molecule is Cc1c(C)c(C)c2c(C)c(C)c(C)c(C)c2c1C.Cc1nc(C)c2c(C)c(C)c(C)c(C)c2n1.Cc1nc2c(C)c(C)c(C)c(C)c2c(C)c1C.Cc1nc2c(C)c(C)c(C)c(C)c2c(C)c1C.Cc1nc2c(C)c(C)c(C)c(C)c2nc1C.Cc1nc2c(c(C)c1C)c(C)c(C)n2C.Cc1nc2nc(C)c(C)c(C)c2c(C)c1C.Cc1nnc2c(C)c(C)c(C)c(C)c2c1C. The van der Waals surface area contributed by atoms with E-state index in [1.54, 1.807) is 0 Å². The first-order chi connectivity index (χ1) is 60.7. The van der Waals surface area contributed by atoms with Crippen molar-refractivity contribution < 1.29 is 0 Å². The molecule has 0 spiro atoms. The molecule has 12 nitrogen and oxygen atoms in total. The Kier molecular flexibility index (Phi) is 31.4. The molecule has 9 heterocycles. The van der Waals surface area contributed by atoms with E-state index in [4.69, 9.17) is 9.97 Å². The maximum absolute atomic E-state index is 4.80. The van der Waals surface area contributed by atoms with Gasteiger partial charge in [-0.1, -0.05) is 0 Å². The van der Waals surface area contributed by atoms with Crippen molar-refractivity contribution in [1.82, 2.24) is 59.6 Å². The predicted molar refractivity (Wildman–Crippen MR) is 568 cm³/mol. The van der Waals surface area contributed by atoms with Gasteiger partial charge in [0.2, 0.25) is 0 Å². The molecule has 7 aromatic carbocycles. The molecule has 0 fully saturated rings. The van der Waals surface area contributed by atoms with Crippen LogP contribution < -0.4 is 0 Å². The molecule has 9 aromatic heterocycles. The van der Waals surface area contributed by atoms with Crippen molar-refractivity contribution >= 4 is 87.5 Å². The number of hydrogen-bond acceptors (Lipinski definition) is 11. The second-order valence-corrected chi connectivity index (χ2v) is 38.9. The van der Waals surface area contributed by atoms with Crippen molar-refractivity contribution in [3.63, 3.8) is 0 Å². The number of benzene rings is 7. The Morgan fingerprint density at radius 1 is 0.130 bits per heavy atom. The Bertz CT molecular complexity index is 7040. The molecule has 0 aliphatic rings. The Balaban J connectivity index is 0.000000169. The van der Waals surface area contributed by atoms with Gasteiger partial charge in [-0.25, -0.2) is 34.9 Å². The summed E-state index contributed by atoms with van der Waals surface area (Å²) in [6.07, 6.45) is 0. The molecule has 0 radical (unpaired) electrons. The summed E-state index contributed by atoms with van der Waals surface area (Å²) in [5.41, 5.74) is 74.1. The lowest BCUT2D eigenvalue weighted by molar-refractivity contribution is 0.891. The molecule has 692 valence electrons. The first-order valence-electron chi connectivity index (χ1n) is 47.1. The van der Waals surface area contributed by atoms with Gasteiger partial charge in [-0.15, -0.1) is 5.10 Å². The standard InChI is InChI=1S/C18H24.2C16H21N.4C14H18N2.C13H18N2/c1-9-10(2)14(6)18-16(8)12(4)11(3)15(7)17(18)13(9)5;2*1-8-9(2)13(6)16-15(11(8)4)12(5)10(3)14(7)17-16;1-7-9(3)13-10(4)8(2)12(6)16-14(13)15-11(7)5;1-7-8(2)10(4)14-13(9(7)3)11(5)15-12(6)16-14;1-7-8(2)10(4)14-13(9(7)3)15-11(5)12(6)16-14;1-7-8(2)10(4)14-13(9(7)3)11(5)12(6)15-16-14;1-7-8(2)12-9(3)11(5)15(6)13(12)14-10(7)4/h1-8H3;2*1-7H3;4*1-6H3;1-6H3. The van der Waals surface area contributed by atoms with Gasteiger partial charge in [0.25, 0.3) is 0 Å². The lowest BCUT2D eigenvalue weighted by Gasteiger charge is -2.21. The molecule has 0 aliphatic carbocycles. The molecule has 0 aliphatic heterocycles. The van der Waals surface area contributed by atoms with Crippen LogP contribution in [-0.2, 0) is 7.05 Å². The third kappa shape index (κ3) is 18.8.